The Kier molecular flexibility index (Phi) is 4.36. The number of rotatable bonds is 2. The molecule has 138 valence electrons. The second-order valence-corrected chi connectivity index (χ2v) is 9.34. The highest BCUT2D eigenvalue weighted by Gasteiger charge is 2.24. The number of fused-ring (bicyclic) bond motifs is 1. The Morgan fingerprint density at radius 1 is 1.16 bits per heavy atom. The second-order valence-electron chi connectivity index (χ2n) is 7.36. The van der Waals surface area contributed by atoms with Crippen LogP contribution in [0.3, 0.4) is 0 Å². The Bertz CT molecular complexity index is 940. The molecule has 0 saturated carbocycles. The fraction of sp³-hybridized carbons (Fsp3) is 0.667. The lowest BCUT2D eigenvalue weighted by Crippen LogP contribution is -2.35. The summed E-state index contributed by atoms with van der Waals surface area (Å²) in [6, 6.07) is 0. The zero-order valence-corrected chi connectivity index (χ0v) is 15.8. The van der Waals surface area contributed by atoms with E-state index >= 15 is 0 Å². The molecule has 1 N–H and O–H groups in total. The van der Waals surface area contributed by atoms with Crippen molar-refractivity contribution in [3.63, 3.8) is 0 Å². The van der Waals surface area contributed by atoms with E-state index in [0.29, 0.717) is 49.6 Å². The van der Waals surface area contributed by atoms with Crippen LogP contribution in [0, 0.1) is 0 Å². The van der Waals surface area contributed by atoms with Crippen molar-refractivity contribution < 1.29 is 8.42 Å². The summed E-state index contributed by atoms with van der Waals surface area (Å²) in [5.74, 6) is 0.457. The van der Waals surface area contributed by atoms with Crippen LogP contribution < -0.4 is 10.5 Å². The minimum absolute atomic E-state index is 0.236. The van der Waals surface area contributed by atoms with Crippen molar-refractivity contribution >= 4 is 27.0 Å². The third kappa shape index (κ3) is 3.54. The van der Waals surface area contributed by atoms with Gasteiger partial charge in [-0.1, -0.05) is 0 Å². The lowest BCUT2D eigenvalue weighted by Gasteiger charge is -2.23. The Labute approximate surface area is 146 Å². The molecular weight excluding hydrogens is 344 g/mol. The third-order valence-corrected chi connectivity index (χ3v) is 5.59. The molecule has 25 heavy (non-hydrogen) atoms. The number of hydrogen-bond donors (Lipinski definition) is 1. The minimum atomic E-state index is -3.21. The molecule has 10 heteroatoms. The first-order valence-corrected chi connectivity index (χ1v) is 10.1. The van der Waals surface area contributed by atoms with Crippen molar-refractivity contribution in [1.29, 1.82) is 0 Å². The molecule has 0 spiro atoms. The van der Waals surface area contributed by atoms with Gasteiger partial charge in [0.05, 0.1) is 18.0 Å². The van der Waals surface area contributed by atoms with Crippen LogP contribution in [-0.4, -0.2) is 64.9 Å². The van der Waals surface area contributed by atoms with E-state index in [0.717, 1.165) is 0 Å². The predicted molar refractivity (Wildman–Crippen MR) is 96.4 cm³/mol. The van der Waals surface area contributed by atoms with Crippen molar-refractivity contribution in [2.75, 3.05) is 37.3 Å². The number of nitrogens with one attached hydrogen (secondary N) is 1. The Morgan fingerprint density at radius 3 is 2.52 bits per heavy atom. The predicted octanol–water partition coefficient (Wildman–Crippen LogP) is 0.346. The number of nitrogens with zero attached hydrogens (tertiary/aromatic N) is 5. The van der Waals surface area contributed by atoms with Gasteiger partial charge in [0.1, 0.15) is 5.39 Å². The molecule has 9 nitrogen and oxygen atoms in total. The average Bonchev–Trinajstić information content (AvgIpc) is 2.76. The van der Waals surface area contributed by atoms with Crippen molar-refractivity contribution in [3.8, 4) is 0 Å². The van der Waals surface area contributed by atoms with Gasteiger partial charge in [-0.3, -0.25) is 9.78 Å². The van der Waals surface area contributed by atoms with Crippen LogP contribution in [0.2, 0.25) is 0 Å². The van der Waals surface area contributed by atoms with Crippen molar-refractivity contribution in [3.05, 3.63) is 16.6 Å². The standard InChI is InChI=1S/C15H24N6O3S/c1-15(2,3)21-12-11(10-16-21)13(22)18-14(17-12)19-6-5-7-20(9-8-19)25(4,23)24/h10H,5-9H2,1-4H3,(H,17,18,22). The topological polar surface area (TPSA) is 104 Å². The van der Waals surface area contributed by atoms with Gasteiger partial charge >= 0.3 is 0 Å². The van der Waals surface area contributed by atoms with Gasteiger partial charge in [0.25, 0.3) is 5.56 Å². The van der Waals surface area contributed by atoms with E-state index in [4.69, 9.17) is 0 Å². The summed E-state index contributed by atoms with van der Waals surface area (Å²) in [5.41, 5.74) is 0.00118. The van der Waals surface area contributed by atoms with Gasteiger partial charge in [0.15, 0.2) is 5.65 Å². The smallest absolute Gasteiger partial charge is 0.263 e. The van der Waals surface area contributed by atoms with Crippen molar-refractivity contribution in [1.82, 2.24) is 24.1 Å². The van der Waals surface area contributed by atoms with Crippen LogP contribution >= 0.6 is 0 Å². The van der Waals surface area contributed by atoms with E-state index in [1.807, 2.05) is 25.7 Å². The Balaban J connectivity index is 1.98. The first-order valence-electron chi connectivity index (χ1n) is 8.26. The Hall–Kier alpha value is -1.94. The molecule has 2 aromatic rings. The average molecular weight is 368 g/mol. The summed E-state index contributed by atoms with van der Waals surface area (Å²) in [6.07, 6.45) is 3.42. The van der Waals surface area contributed by atoms with Crippen LogP contribution in [0.5, 0.6) is 0 Å². The summed E-state index contributed by atoms with van der Waals surface area (Å²) in [4.78, 5) is 21.8. The lowest BCUT2D eigenvalue weighted by atomic mass is 10.1. The maximum Gasteiger partial charge on any atom is 0.263 e. The number of aromatic amines is 1. The van der Waals surface area contributed by atoms with E-state index < -0.39 is 10.0 Å². The third-order valence-electron chi connectivity index (χ3n) is 4.28. The monoisotopic (exact) mass is 368 g/mol. The van der Waals surface area contributed by atoms with Gasteiger partial charge in [-0.15, -0.1) is 0 Å². The van der Waals surface area contributed by atoms with Gasteiger partial charge in [-0.2, -0.15) is 10.1 Å². The molecule has 0 radical (unpaired) electrons. The molecule has 0 bridgehead atoms. The van der Waals surface area contributed by atoms with Crippen LogP contribution in [0.1, 0.15) is 27.2 Å². The molecule has 2 aromatic heterocycles. The summed E-state index contributed by atoms with van der Waals surface area (Å²) in [7, 11) is -3.21. The summed E-state index contributed by atoms with van der Waals surface area (Å²) in [6.45, 7) is 7.95. The lowest BCUT2D eigenvalue weighted by molar-refractivity contribution is 0.366. The zero-order chi connectivity index (χ0) is 18.4. The normalized spacial score (nSPS) is 17.8. The minimum Gasteiger partial charge on any atom is -0.341 e. The van der Waals surface area contributed by atoms with Crippen molar-refractivity contribution in [2.45, 2.75) is 32.7 Å². The number of anilines is 1. The van der Waals surface area contributed by atoms with E-state index in [1.165, 1.54) is 16.8 Å². The van der Waals surface area contributed by atoms with Crippen LogP contribution in [0.4, 0.5) is 5.95 Å². The molecule has 0 unspecified atom stereocenters. The molecule has 3 rings (SSSR count). The molecule has 3 heterocycles. The SMILES string of the molecule is CC(C)(C)n1ncc2c(=O)[nH]c(N3CCCN(S(C)(=O)=O)CC3)nc21. The summed E-state index contributed by atoms with van der Waals surface area (Å²) >= 11 is 0. The molecule has 0 amide bonds. The van der Waals surface area contributed by atoms with Gasteiger partial charge in [-0.05, 0) is 27.2 Å². The Morgan fingerprint density at radius 2 is 1.88 bits per heavy atom. The van der Waals surface area contributed by atoms with Gasteiger partial charge < -0.3 is 4.90 Å². The highest BCUT2D eigenvalue weighted by molar-refractivity contribution is 7.88. The first-order chi connectivity index (χ1) is 11.6. The maximum absolute atomic E-state index is 12.4. The molecule has 1 aliphatic rings. The molecule has 1 aliphatic heterocycles. The number of hydrogen-bond acceptors (Lipinski definition) is 6. The molecule has 0 atom stereocenters. The molecule has 0 aromatic carbocycles. The highest BCUT2D eigenvalue weighted by Crippen LogP contribution is 2.20. The van der Waals surface area contributed by atoms with Crippen LogP contribution in [0.25, 0.3) is 11.0 Å². The highest BCUT2D eigenvalue weighted by atomic mass is 32.2. The van der Waals surface area contributed by atoms with Crippen LogP contribution in [-0.2, 0) is 15.6 Å². The zero-order valence-electron chi connectivity index (χ0n) is 15.0. The molecule has 0 aliphatic carbocycles. The first kappa shape index (κ1) is 17.9. The van der Waals surface area contributed by atoms with E-state index in [1.54, 1.807) is 4.68 Å². The van der Waals surface area contributed by atoms with E-state index in [-0.39, 0.29) is 11.1 Å². The van der Waals surface area contributed by atoms with Gasteiger partial charge in [0.2, 0.25) is 16.0 Å². The number of aromatic nitrogens is 4. The van der Waals surface area contributed by atoms with Crippen molar-refractivity contribution in [2.24, 2.45) is 0 Å². The largest absolute Gasteiger partial charge is 0.341 e. The summed E-state index contributed by atoms with van der Waals surface area (Å²) in [5, 5.41) is 4.75. The van der Waals surface area contributed by atoms with E-state index in [9.17, 15) is 13.2 Å². The van der Waals surface area contributed by atoms with Crippen LogP contribution in [0.15, 0.2) is 11.0 Å². The fourth-order valence-corrected chi connectivity index (χ4v) is 3.86. The maximum atomic E-state index is 12.4. The number of sulfonamides is 1. The van der Waals surface area contributed by atoms with Gasteiger partial charge in [-0.25, -0.2) is 17.4 Å². The second kappa shape index (κ2) is 6.10. The molecule has 1 saturated heterocycles. The van der Waals surface area contributed by atoms with Gasteiger partial charge in [0, 0.05) is 26.2 Å². The fourth-order valence-electron chi connectivity index (χ4n) is 2.98. The number of H-pyrrole nitrogens is 1. The quantitative estimate of drug-likeness (QED) is 0.820. The molecule has 1 fully saturated rings. The van der Waals surface area contributed by atoms with E-state index in [2.05, 4.69) is 15.1 Å². The molecular formula is C15H24N6O3S. The summed E-state index contributed by atoms with van der Waals surface area (Å²) < 4.78 is 26.7.